The molecule has 4 aromatic carbocycles. The lowest BCUT2D eigenvalue weighted by Crippen LogP contribution is -2.36. The van der Waals surface area contributed by atoms with Crippen molar-refractivity contribution in [2.45, 2.75) is 89.3 Å². The third-order valence-electron chi connectivity index (χ3n) is 9.16. The Hall–Kier alpha value is -4.26. The summed E-state index contributed by atoms with van der Waals surface area (Å²) in [5.74, 6) is -0.653. The lowest BCUT2D eigenvalue weighted by atomic mass is 9.72. The first-order chi connectivity index (χ1) is 22.7. The van der Waals surface area contributed by atoms with E-state index in [1.54, 1.807) is 0 Å². The molecule has 0 fully saturated rings. The van der Waals surface area contributed by atoms with Gasteiger partial charge >= 0.3 is 11.9 Å². The Morgan fingerprint density at radius 1 is 0.500 bits per heavy atom. The predicted molar refractivity (Wildman–Crippen MR) is 190 cm³/mol. The lowest BCUT2D eigenvalue weighted by molar-refractivity contribution is -0.158. The van der Waals surface area contributed by atoms with Crippen LogP contribution in [0.4, 0.5) is 0 Å². The fraction of sp³-hybridized carbons (Fsp3) is 0.381. The molecule has 0 aliphatic heterocycles. The highest BCUT2D eigenvalue weighted by Crippen LogP contribution is 2.54. The first-order valence-corrected chi connectivity index (χ1v) is 16.8. The molecule has 0 heterocycles. The average Bonchev–Trinajstić information content (AvgIpc) is 3.44. The Morgan fingerprint density at radius 3 is 1.04 bits per heavy atom. The molecule has 2 aliphatic rings. The second-order valence-corrected chi connectivity index (χ2v) is 14.8. The molecule has 0 atom stereocenters. The second-order valence-electron chi connectivity index (χ2n) is 14.8. The maximum atomic E-state index is 12.9. The monoisotopic (exact) mass is 648 g/mol. The Kier molecular flexibility index (Phi) is 10.0. The summed E-state index contributed by atoms with van der Waals surface area (Å²) in [6.45, 7) is 11.4. The first kappa shape index (κ1) is 35.1. The SMILES string of the molecule is CC(C)(C)OC(=O)CC1(CC(=O)OC(C)(C)C)c2ccccc2-c2ccccc21.OCCC1(CCO)c2ccccc2-c2ccccc21. The summed E-state index contributed by atoms with van der Waals surface area (Å²) in [5.41, 5.74) is 6.75. The van der Waals surface area contributed by atoms with E-state index in [9.17, 15) is 19.8 Å². The zero-order valence-electron chi connectivity index (χ0n) is 29.0. The van der Waals surface area contributed by atoms with Gasteiger partial charge in [-0.1, -0.05) is 97.1 Å². The lowest BCUT2D eigenvalue weighted by Gasteiger charge is -2.33. The number of carbonyl (C=O) groups is 2. The van der Waals surface area contributed by atoms with Crippen molar-refractivity contribution in [3.63, 3.8) is 0 Å². The minimum atomic E-state index is -0.808. The van der Waals surface area contributed by atoms with Crippen LogP contribution >= 0.6 is 0 Å². The molecule has 0 unspecified atom stereocenters. The topological polar surface area (TPSA) is 93.1 Å². The summed E-state index contributed by atoms with van der Waals surface area (Å²) < 4.78 is 11.3. The minimum Gasteiger partial charge on any atom is -0.460 e. The molecule has 2 aliphatic carbocycles. The van der Waals surface area contributed by atoms with Crippen molar-refractivity contribution < 1.29 is 29.3 Å². The summed E-state index contributed by atoms with van der Waals surface area (Å²) in [4.78, 5) is 25.9. The summed E-state index contributed by atoms with van der Waals surface area (Å²) in [6, 6.07) is 32.6. The Balaban J connectivity index is 0.000000204. The van der Waals surface area contributed by atoms with Crippen molar-refractivity contribution in [1.29, 1.82) is 0 Å². The number of aliphatic hydroxyl groups is 2. The molecule has 48 heavy (non-hydrogen) atoms. The van der Waals surface area contributed by atoms with Crippen LogP contribution in [0.3, 0.4) is 0 Å². The molecule has 252 valence electrons. The van der Waals surface area contributed by atoms with Crippen molar-refractivity contribution in [2.24, 2.45) is 0 Å². The van der Waals surface area contributed by atoms with Gasteiger partial charge in [0.25, 0.3) is 0 Å². The number of aliphatic hydroxyl groups excluding tert-OH is 2. The van der Waals surface area contributed by atoms with Crippen LogP contribution in [0.15, 0.2) is 97.1 Å². The van der Waals surface area contributed by atoms with Crippen LogP contribution in [-0.2, 0) is 29.9 Å². The number of esters is 2. The number of ether oxygens (including phenoxy) is 2. The number of hydrogen-bond donors (Lipinski definition) is 2. The predicted octanol–water partition coefficient (Wildman–Crippen LogP) is 8.13. The molecule has 0 saturated carbocycles. The molecule has 6 nitrogen and oxygen atoms in total. The molecule has 0 spiro atoms. The number of benzene rings is 4. The number of fused-ring (bicyclic) bond motifs is 6. The second kappa shape index (κ2) is 13.7. The average molecular weight is 649 g/mol. The van der Waals surface area contributed by atoms with Gasteiger partial charge in [-0.3, -0.25) is 9.59 Å². The Labute approximate surface area is 284 Å². The van der Waals surface area contributed by atoms with Crippen molar-refractivity contribution in [3.05, 3.63) is 119 Å². The maximum absolute atomic E-state index is 12.9. The normalized spacial score (nSPS) is 14.8. The highest BCUT2D eigenvalue weighted by molar-refractivity contribution is 5.88. The van der Waals surface area contributed by atoms with E-state index in [1.165, 1.54) is 22.3 Å². The fourth-order valence-electron chi connectivity index (χ4n) is 7.57. The van der Waals surface area contributed by atoms with Gasteiger partial charge in [0.1, 0.15) is 11.2 Å². The van der Waals surface area contributed by atoms with E-state index in [-0.39, 0.29) is 43.4 Å². The van der Waals surface area contributed by atoms with Crippen LogP contribution in [-0.4, -0.2) is 46.6 Å². The van der Waals surface area contributed by atoms with E-state index in [1.807, 2.05) is 114 Å². The van der Waals surface area contributed by atoms with Gasteiger partial charge in [0.05, 0.1) is 12.8 Å². The van der Waals surface area contributed by atoms with Gasteiger partial charge in [0.2, 0.25) is 0 Å². The molecule has 0 aromatic heterocycles. The van der Waals surface area contributed by atoms with Crippen LogP contribution < -0.4 is 0 Å². The minimum absolute atomic E-state index is 0.0809. The largest absolute Gasteiger partial charge is 0.460 e. The van der Waals surface area contributed by atoms with Gasteiger partial charge in [0.15, 0.2) is 0 Å². The van der Waals surface area contributed by atoms with E-state index in [0.29, 0.717) is 12.8 Å². The van der Waals surface area contributed by atoms with Gasteiger partial charge in [-0.2, -0.15) is 0 Å². The van der Waals surface area contributed by atoms with Gasteiger partial charge in [0, 0.05) is 24.0 Å². The molecular formula is C42H48O6. The quantitative estimate of drug-likeness (QED) is 0.188. The first-order valence-electron chi connectivity index (χ1n) is 16.8. The van der Waals surface area contributed by atoms with Crippen molar-refractivity contribution in [1.82, 2.24) is 0 Å². The smallest absolute Gasteiger partial charge is 0.307 e. The zero-order chi connectivity index (χ0) is 34.7. The number of carbonyl (C=O) groups excluding carboxylic acids is 2. The number of hydrogen-bond acceptors (Lipinski definition) is 6. The standard InChI is InChI=1S/C25H30O4.C17H18O2/c1-23(2,3)28-21(26)15-25(16-22(27)29-24(4,5)6)19-13-9-7-11-17(19)18-12-8-10-14-20(18)25;18-11-9-17(10-12-19)15-7-3-1-5-13(15)14-6-2-4-8-16(14)17/h7-14H,15-16H2,1-6H3;1-8,18-19H,9-12H2. The van der Waals surface area contributed by atoms with Crippen molar-refractivity contribution >= 4 is 11.9 Å². The molecule has 6 heteroatoms. The van der Waals surface area contributed by atoms with Crippen molar-refractivity contribution in [2.75, 3.05) is 13.2 Å². The molecule has 4 aromatic rings. The molecule has 6 rings (SSSR count). The summed E-state index contributed by atoms with van der Waals surface area (Å²) >= 11 is 0. The molecule has 0 amide bonds. The Bertz CT molecular complexity index is 1640. The van der Waals surface area contributed by atoms with E-state index in [2.05, 4.69) is 24.3 Å². The maximum Gasteiger partial charge on any atom is 0.307 e. The van der Waals surface area contributed by atoms with Crippen LogP contribution in [0.2, 0.25) is 0 Å². The fourth-order valence-corrected chi connectivity index (χ4v) is 7.57. The molecular weight excluding hydrogens is 600 g/mol. The van der Waals surface area contributed by atoms with Gasteiger partial charge in [-0.15, -0.1) is 0 Å². The summed E-state index contributed by atoms with van der Waals surface area (Å²) in [7, 11) is 0. The van der Waals surface area contributed by atoms with Gasteiger partial charge in [-0.25, -0.2) is 0 Å². The van der Waals surface area contributed by atoms with Crippen LogP contribution in [0.1, 0.15) is 89.5 Å². The van der Waals surface area contributed by atoms with Gasteiger partial charge in [-0.05, 0) is 98.9 Å². The van der Waals surface area contributed by atoms with E-state index in [0.717, 1.165) is 22.3 Å². The molecule has 0 bridgehead atoms. The highest BCUT2D eigenvalue weighted by Gasteiger charge is 2.47. The zero-order valence-corrected chi connectivity index (χ0v) is 29.0. The third-order valence-corrected chi connectivity index (χ3v) is 9.16. The number of rotatable bonds is 8. The van der Waals surface area contributed by atoms with Crippen molar-refractivity contribution in [3.8, 4) is 22.3 Å². The summed E-state index contributed by atoms with van der Waals surface area (Å²) in [6.07, 6.45) is 1.47. The highest BCUT2D eigenvalue weighted by atomic mass is 16.6. The van der Waals surface area contributed by atoms with Crippen LogP contribution in [0.25, 0.3) is 22.3 Å². The van der Waals surface area contributed by atoms with Crippen LogP contribution in [0.5, 0.6) is 0 Å². The Morgan fingerprint density at radius 2 is 0.771 bits per heavy atom. The summed E-state index contributed by atoms with van der Waals surface area (Å²) in [5, 5.41) is 19.0. The van der Waals surface area contributed by atoms with Crippen LogP contribution in [0, 0.1) is 0 Å². The third kappa shape index (κ3) is 6.96. The molecule has 0 radical (unpaired) electrons. The van der Waals surface area contributed by atoms with Gasteiger partial charge < -0.3 is 19.7 Å². The molecule has 0 saturated heterocycles. The van der Waals surface area contributed by atoms with E-state index >= 15 is 0 Å². The van der Waals surface area contributed by atoms with E-state index < -0.39 is 16.6 Å². The van der Waals surface area contributed by atoms with E-state index in [4.69, 9.17) is 9.47 Å². The molecule has 2 N–H and O–H groups in total.